The molecule has 1 aliphatic carbocycles. The number of aromatic nitrogens is 3. The number of nitrogens with two attached hydrogens (primary N) is 2. The van der Waals surface area contributed by atoms with Crippen molar-refractivity contribution in [2.45, 2.75) is 83.3 Å². The number of aryl methyl sites for hydroxylation is 1. The van der Waals surface area contributed by atoms with E-state index in [-0.39, 0.29) is 29.6 Å². The number of nitrogens with zero attached hydrogens (tertiary/aromatic N) is 3. The number of aromatic hydroxyl groups is 1. The van der Waals surface area contributed by atoms with Crippen molar-refractivity contribution >= 4 is 36.5 Å². The molecule has 3 aromatic heterocycles. The molecule has 374 valence electrons. The monoisotopic (exact) mass is 972 g/mol. The Hall–Kier alpha value is -7.79. The van der Waals surface area contributed by atoms with E-state index < -0.39 is 11.7 Å². The number of carbonyl (C=O) groups is 4. The van der Waals surface area contributed by atoms with Gasteiger partial charge in [-0.1, -0.05) is 75.1 Å². The predicted molar refractivity (Wildman–Crippen MR) is 272 cm³/mol. The molecule has 0 saturated heterocycles. The number of hydrogen-bond donors (Lipinski definition) is 6. The first-order valence-electron chi connectivity index (χ1n) is 23.4. The highest BCUT2D eigenvalue weighted by Crippen LogP contribution is 2.50. The second kappa shape index (κ2) is 26.3. The van der Waals surface area contributed by atoms with Crippen LogP contribution in [-0.2, 0) is 21.4 Å². The fourth-order valence-corrected chi connectivity index (χ4v) is 7.84. The van der Waals surface area contributed by atoms with Crippen LogP contribution < -0.4 is 36.9 Å². The van der Waals surface area contributed by atoms with Crippen LogP contribution in [-0.4, -0.2) is 78.4 Å². The summed E-state index contributed by atoms with van der Waals surface area (Å²) in [6.07, 6.45) is 11.1. The van der Waals surface area contributed by atoms with E-state index in [1.165, 1.54) is 44.2 Å². The Kier molecular flexibility index (Phi) is 20.0. The second-order valence-electron chi connectivity index (χ2n) is 16.8. The lowest BCUT2D eigenvalue weighted by molar-refractivity contribution is -0.286. The minimum Gasteiger partial charge on any atom is -0.508 e. The van der Waals surface area contributed by atoms with Gasteiger partial charge >= 0.3 is 6.29 Å². The summed E-state index contributed by atoms with van der Waals surface area (Å²) in [4.78, 5) is 55.8. The van der Waals surface area contributed by atoms with Crippen molar-refractivity contribution in [3.63, 3.8) is 0 Å². The van der Waals surface area contributed by atoms with Crippen molar-refractivity contribution < 1.29 is 42.5 Å². The summed E-state index contributed by atoms with van der Waals surface area (Å²) < 4.78 is 34.1. The highest BCUT2D eigenvalue weighted by atomic mass is 19.3. The highest BCUT2D eigenvalue weighted by molar-refractivity contribution is 5.95. The van der Waals surface area contributed by atoms with Crippen molar-refractivity contribution in [3.05, 3.63) is 131 Å². The number of pyridine rings is 3. The molecule has 4 heterocycles. The third kappa shape index (κ3) is 15.1. The number of phenolic OH excluding ortho intramolecular Hbond substituents is 1. The van der Waals surface area contributed by atoms with E-state index in [4.69, 9.17) is 10.5 Å². The molecule has 0 bridgehead atoms. The highest BCUT2D eigenvalue weighted by Gasteiger charge is 2.47. The van der Waals surface area contributed by atoms with Crippen LogP contribution in [0.25, 0.3) is 33.5 Å². The number of ether oxygens (including phenoxy) is 2. The second-order valence-corrected chi connectivity index (χ2v) is 16.8. The van der Waals surface area contributed by atoms with Crippen molar-refractivity contribution in [2.24, 2.45) is 5.73 Å². The first kappa shape index (κ1) is 54.2. The summed E-state index contributed by atoms with van der Waals surface area (Å²) in [6.45, 7) is 5.91. The fourth-order valence-electron chi connectivity index (χ4n) is 7.84. The van der Waals surface area contributed by atoms with Crippen LogP contribution in [0, 0.1) is 6.92 Å². The van der Waals surface area contributed by atoms with Gasteiger partial charge in [0.25, 0.3) is 5.91 Å². The minimum atomic E-state index is -3.60. The fraction of sp³-hybridized carbons (Fsp3) is 0.315. The molecule has 1 fully saturated rings. The molecular formula is C54H62F2N8O7. The number of anilines is 2. The van der Waals surface area contributed by atoms with E-state index in [1.54, 1.807) is 36.7 Å². The Morgan fingerprint density at radius 1 is 0.803 bits per heavy atom. The number of unbranched alkanes of at least 4 members (excludes halogenated alkanes) is 5. The Balaban J connectivity index is 0.000000198. The maximum atomic E-state index is 12.7. The van der Waals surface area contributed by atoms with E-state index in [9.17, 15) is 28.3 Å². The van der Waals surface area contributed by atoms with Gasteiger partial charge in [0.2, 0.25) is 6.41 Å². The maximum absolute atomic E-state index is 12.7. The normalized spacial score (nSPS) is 13.1. The predicted octanol–water partition coefficient (Wildman–Crippen LogP) is 9.20. The number of halogens is 2. The van der Waals surface area contributed by atoms with Gasteiger partial charge in [-0.05, 0) is 123 Å². The molecule has 6 aromatic rings. The first-order chi connectivity index (χ1) is 34.2. The topological polar surface area (TPSA) is 234 Å². The van der Waals surface area contributed by atoms with Gasteiger partial charge in [-0.3, -0.25) is 19.4 Å². The van der Waals surface area contributed by atoms with Gasteiger partial charge in [-0.2, -0.15) is 0 Å². The van der Waals surface area contributed by atoms with Gasteiger partial charge in [-0.25, -0.2) is 9.97 Å². The molecule has 2 aliphatic rings. The smallest absolute Gasteiger partial charge is 0.508 e. The van der Waals surface area contributed by atoms with Crippen molar-refractivity contribution in [3.8, 4) is 50.8 Å². The number of nitrogens with one attached hydrogen (secondary N) is 3. The Morgan fingerprint density at radius 3 is 2.10 bits per heavy atom. The van der Waals surface area contributed by atoms with E-state index >= 15 is 0 Å². The molecular weight excluding hydrogens is 911 g/mol. The zero-order chi connectivity index (χ0) is 51.4. The molecule has 1 aliphatic heterocycles. The van der Waals surface area contributed by atoms with E-state index in [0.717, 1.165) is 95.5 Å². The van der Waals surface area contributed by atoms with Gasteiger partial charge < -0.3 is 46.8 Å². The molecule has 3 aromatic carbocycles. The number of aldehydes is 2. The molecule has 0 spiro atoms. The standard InChI is InChI=1S/C23H34N4O.C19H17N3O2.C11H8F2O3.CH3NO/c1-18-13-14-21(25-3)27-22(18)19-11-10-12-20(17-19)23(28)26-16-9-7-5-4-6-8-15-24-2;1-2-16-17(13-3-6-14(11-23)21-9-13)10-22-19(20)18(16)12-4-7-15(24)8-5-12;12-11(13)15-8-2-1-7(5-9(8)16-11)10(6-14)3-4-10;2-1-3/h10-14,17,24H,4-9,15-16H2,1-3H3,(H,25,27)(H,26,28);3-11,24H,2H2,1H3,(H2,20,22);1-2,5-6H,3-4H2;1H,(H2,2,3). The summed E-state index contributed by atoms with van der Waals surface area (Å²) in [5.41, 5.74) is 19.1. The number of hydrogen-bond acceptors (Lipinski definition) is 13. The van der Waals surface area contributed by atoms with Crippen LogP contribution in [0.2, 0.25) is 0 Å². The molecule has 2 amide bonds. The largest absolute Gasteiger partial charge is 0.586 e. The molecule has 71 heavy (non-hydrogen) atoms. The summed E-state index contributed by atoms with van der Waals surface area (Å²) in [5.74, 6) is 1.46. The van der Waals surface area contributed by atoms with Crippen LogP contribution in [0.1, 0.15) is 95.8 Å². The Morgan fingerprint density at radius 2 is 1.48 bits per heavy atom. The van der Waals surface area contributed by atoms with Crippen LogP contribution in [0.15, 0.2) is 103 Å². The minimum absolute atomic E-state index is 0.00405. The van der Waals surface area contributed by atoms with E-state index in [0.29, 0.717) is 28.9 Å². The average Bonchev–Trinajstić information content (AvgIpc) is 4.12. The molecule has 15 nitrogen and oxygen atoms in total. The number of primary amides is 1. The summed E-state index contributed by atoms with van der Waals surface area (Å²) >= 11 is 0. The van der Waals surface area contributed by atoms with Gasteiger partial charge in [0.1, 0.15) is 29.4 Å². The van der Waals surface area contributed by atoms with Crippen LogP contribution in [0.3, 0.4) is 0 Å². The van der Waals surface area contributed by atoms with Crippen LogP contribution in [0.5, 0.6) is 17.2 Å². The molecule has 17 heteroatoms. The SMILES string of the molecule is CCc1c(-c2ccc(C=O)nc2)cnc(N)c1-c1ccc(O)cc1.CNCCCCCCCCNC(=O)c1cccc(-c2nc(NC)ccc2C)c1.NC=O.O=CC1(c2ccc3c(c2)OC(F)(F)O3)CC1. The summed E-state index contributed by atoms with van der Waals surface area (Å²) in [5, 5.41) is 18.8. The van der Waals surface area contributed by atoms with Crippen molar-refractivity contribution in [2.75, 3.05) is 38.2 Å². The lowest BCUT2D eigenvalue weighted by Gasteiger charge is -2.16. The van der Waals surface area contributed by atoms with Gasteiger partial charge in [0.05, 0.1) is 11.1 Å². The number of carbonyl (C=O) groups excluding carboxylic acids is 4. The third-order valence-electron chi connectivity index (χ3n) is 11.8. The van der Waals surface area contributed by atoms with Gasteiger partial charge in [0.15, 0.2) is 17.8 Å². The molecule has 8 N–H and O–H groups in total. The molecule has 0 unspecified atom stereocenters. The zero-order valence-electron chi connectivity index (χ0n) is 40.5. The number of benzene rings is 3. The molecule has 8 rings (SSSR count). The number of rotatable bonds is 18. The number of alkyl halides is 2. The first-order valence-corrected chi connectivity index (χ1v) is 23.4. The van der Waals surface area contributed by atoms with Crippen molar-refractivity contribution in [1.82, 2.24) is 25.6 Å². The van der Waals surface area contributed by atoms with Gasteiger partial charge in [0, 0.05) is 53.8 Å². The average molecular weight is 973 g/mol. The van der Waals surface area contributed by atoms with Crippen LogP contribution >= 0.6 is 0 Å². The maximum Gasteiger partial charge on any atom is 0.586 e. The quantitative estimate of drug-likeness (QED) is 0.0349. The number of fused-ring (bicyclic) bond motifs is 1. The number of phenols is 1. The van der Waals surface area contributed by atoms with Crippen LogP contribution in [0.4, 0.5) is 20.4 Å². The lowest BCUT2D eigenvalue weighted by atomic mass is 9.92. The van der Waals surface area contributed by atoms with E-state index in [2.05, 4.69) is 53.0 Å². The Labute approximate surface area is 412 Å². The summed E-state index contributed by atoms with van der Waals surface area (Å²) in [6, 6.07) is 26.6. The zero-order valence-corrected chi connectivity index (χ0v) is 40.5. The molecule has 0 radical (unpaired) electrons. The number of nitrogen functional groups attached to an aromatic ring is 1. The lowest BCUT2D eigenvalue weighted by Crippen LogP contribution is -2.25. The Bertz CT molecular complexity index is 2720. The summed E-state index contributed by atoms with van der Waals surface area (Å²) in [7, 11) is 3.85. The molecule has 1 saturated carbocycles. The van der Waals surface area contributed by atoms with Gasteiger partial charge in [-0.15, -0.1) is 8.78 Å². The molecule has 0 atom stereocenters. The third-order valence-corrected chi connectivity index (χ3v) is 11.8. The van der Waals surface area contributed by atoms with E-state index in [1.807, 2.05) is 75.6 Å². The number of amides is 2. The van der Waals surface area contributed by atoms with Crippen molar-refractivity contribution in [1.29, 1.82) is 0 Å².